The number of rotatable bonds is 3. The molecule has 0 bridgehead atoms. The van der Waals surface area contributed by atoms with Gasteiger partial charge < -0.3 is 10.6 Å². The first-order chi connectivity index (χ1) is 6.33. The Kier molecular flexibility index (Phi) is 2.63. The molecule has 13 heavy (non-hydrogen) atoms. The highest BCUT2D eigenvalue weighted by Gasteiger charge is 2.53. The van der Waals surface area contributed by atoms with Crippen LogP contribution in [0.4, 0.5) is 4.79 Å². The fourth-order valence-corrected chi connectivity index (χ4v) is 2.49. The van der Waals surface area contributed by atoms with Gasteiger partial charge in [-0.15, -0.1) is 11.6 Å². The number of urea groups is 1. The lowest BCUT2D eigenvalue weighted by atomic mass is 10.2. The first kappa shape index (κ1) is 9.13. The molecule has 0 aliphatic heterocycles. The quantitative estimate of drug-likeness (QED) is 0.666. The van der Waals surface area contributed by atoms with Gasteiger partial charge in [-0.2, -0.15) is 0 Å². The summed E-state index contributed by atoms with van der Waals surface area (Å²) in [5, 5.41) is 5.69. The predicted octanol–water partition coefficient (Wildman–Crippen LogP) is 1.32. The molecule has 2 rings (SSSR count). The van der Waals surface area contributed by atoms with E-state index >= 15 is 0 Å². The smallest absolute Gasteiger partial charge is 0.315 e. The number of halogens is 1. The molecule has 2 fully saturated rings. The molecule has 2 aliphatic rings. The van der Waals surface area contributed by atoms with Gasteiger partial charge in [0, 0.05) is 18.5 Å². The molecule has 2 aliphatic carbocycles. The average Bonchev–Trinajstić information content (AvgIpc) is 2.63. The monoisotopic (exact) mass is 202 g/mol. The van der Waals surface area contributed by atoms with Crippen molar-refractivity contribution in [2.75, 3.05) is 12.4 Å². The Morgan fingerprint density at radius 1 is 1.38 bits per heavy atom. The van der Waals surface area contributed by atoms with Crippen LogP contribution in [-0.2, 0) is 0 Å². The van der Waals surface area contributed by atoms with E-state index in [1.807, 2.05) is 0 Å². The van der Waals surface area contributed by atoms with Gasteiger partial charge in [-0.25, -0.2) is 4.79 Å². The van der Waals surface area contributed by atoms with Crippen molar-refractivity contribution in [3.8, 4) is 0 Å². The average molecular weight is 203 g/mol. The van der Waals surface area contributed by atoms with Crippen LogP contribution in [0.1, 0.15) is 19.3 Å². The maximum atomic E-state index is 11.2. The zero-order valence-electron chi connectivity index (χ0n) is 7.55. The number of hydrogen-bond acceptors (Lipinski definition) is 1. The van der Waals surface area contributed by atoms with E-state index < -0.39 is 0 Å². The molecule has 4 heteroatoms. The Morgan fingerprint density at radius 2 is 2.08 bits per heavy atom. The highest BCUT2D eigenvalue weighted by atomic mass is 35.5. The zero-order chi connectivity index (χ0) is 9.26. The summed E-state index contributed by atoms with van der Waals surface area (Å²) >= 11 is 5.45. The number of carbonyl (C=O) groups excluding carboxylic acids is 1. The molecule has 0 aromatic heterocycles. The Hall–Kier alpha value is -0.440. The van der Waals surface area contributed by atoms with Crippen molar-refractivity contribution < 1.29 is 4.79 Å². The molecule has 2 atom stereocenters. The molecule has 0 aromatic carbocycles. The van der Waals surface area contributed by atoms with E-state index in [1.165, 1.54) is 19.3 Å². The van der Waals surface area contributed by atoms with Crippen LogP contribution in [-0.4, -0.2) is 24.5 Å². The minimum Gasteiger partial charge on any atom is -0.337 e. The zero-order valence-corrected chi connectivity index (χ0v) is 8.31. The molecule has 0 heterocycles. The molecule has 74 valence electrons. The van der Waals surface area contributed by atoms with Gasteiger partial charge in [0.15, 0.2) is 0 Å². The third-order valence-electron chi connectivity index (χ3n) is 3.08. The van der Waals surface area contributed by atoms with Crippen molar-refractivity contribution in [1.29, 1.82) is 0 Å². The third kappa shape index (κ3) is 1.90. The summed E-state index contributed by atoms with van der Waals surface area (Å²) in [6.07, 6.45) is 3.94. The van der Waals surface area contributed by atoms with E-state index in [1.54, 1.807) is 0 Å². The first-order valence-corrected chi connectivity index (χ1v) is 5.46. The normalized spacial score (nSPS) is 35.3. The van der Waals surface area contributed by atoms with Crippen molar-refractivity contribution in [3.63, 3.8) is 0 Å². The van der Waals surface area contributed by atoms with E-state index in [-0.39, 0.29) is 6.03 Å². The molecule has 3 nitrogen and oxygen atoms in total. The summed E-state index contributed by atoms with van der Waals surface area (Å²) < 4.78 is 0. The van der Waals surface area contributed by atoms with E-state index in [9.17, 15) is 4.79 Å². The fourth-order valence-electron chi connectivity index (χ4n) is 2.40. The van der Waals surface area contributed by atoms with Crippen LogP contribution in [0.25, 0.3) is 0 Å². The van der Waals surface area contributed by atoms with Gasteiger partial charge in [0.25, 0.3) is 0 Å². The summed E-state index contributed by atoms with van der Waals surface area (Å²) in [4.78, 5) is 11.2. The molecule has 0 saturated heterocycles. The first-order valence-electron chi connectivity index (χ1n) is 4.93. The van der Waals surface area contributed by atoms with Gasteiger partial charge in [-0.1, -0.05) is 6.42 Å². The Labute approximate surface area is 83.2 Å². The molecule has 2 amide bonds. The van der Waals surface area contributed by atoms with Crippen molar-refractivity contribution in [3.05, 3.63) is 0 Å². The summed E-state index contributed by atoms with van der Waals surface area (Å²) in [5.41, 5.74) is 0. The van der Waals surface area contributed by atoms with Gasteiger partial charge in [0.1, 0.15) is 0 Å². The Balaban J connectivity index is 1.65. The van der Waals surface area contributed by atoms with Crippen LogP contribution in [0.2, 0.25) is 0 Å². The predicted molar refractivity (Wildman–Crippen MR) is 51.9 cm³/mol. The summed E-state index contributed by atoms with van der Waals surface area (Å²) in [6.45, 7) is 0.551. The number of fused-ring (bicyclic) bond motifs is 1. The van der Waals surface area contributed by atoms with Crippen molar-refractivity contribution in [2.45, 2.75) is 25.3 Å². The number of alkyl halides is 1. The number of nitrogens with one attached hydrogen (secondary N) is 2. The Morgan fingerprint density at radius 3 is 2.69 bits per heavy atom. The summed E-state index contributed by atoms with van der Waals surface area (Å²) in [6, 6.07) is 0.407. The van der Waals surface area contributed by atoms with Crippen molar-refractivity contribution in [1.82, 2.24) is 10.6 Å². The lowest BCUT2D eigenvalue weighted by Gasteiger charge is -2.07. The van der Waals surface area contributed by atoms with Crippen molar-refractivity contribution >= 4 is 17.6 Å². The summed E-state index contributed by atoms with van der Waals surface area (Å²) in [5.74, 6) is 2.04. The number of amides is 2. The van der Waals surface area contributed by atoms with Crippen LogP contribution in [0.5, 0.6) is 0 Å². The standard InChI is InChI=1S/C9H15ClN2O/c10-4-5-11-9(13)12-8-6-2-1-3-7(6)8/h6-8H,1-5H2,(H2,11,12,13). The summed E-state index contributed by atoms with van der Waals surface area (Å²) in [7, 11) is 0. The van der Waals surface area contributed by atoms with Crippen LogP contribution in [0.15, 0.2) is 0 Å². The van der Waals surface area contributed by atoms with Gasteiger partial charge >= 0.3 is 6.03 Å². The van der Waals surface area contributed by atoms with E-state index in [0.29, 0.717) is 18.5 Å². The minimum atomic E-state index is -0.0555. The highest BCUT2D eigenvalue weighted by Crippen LogP contribution is 2.51. The highest BCUT2D eigenvalue weighted by molar-refractivity contribution is 6.18. The molecule has 2 N–H and O–H groups in total. The fraction of sp³-hybridized carbons (Fsp3) is 0.889. The van der Waals surface area contributed by atoms with Crippen LogP contribution >= 0.6 is 11.6 Å². The SMILES string of the molecule is O=C(NCCCl)NC1C2CCCC21. The lowest BCUT2D eigenvalue weighted by molar-refractivity contribution is 0.239. The van der Waals surface area contributed by atoms with Gasteiger partial charge in [0.05, 0.1) is 0 Å². The second kappa shape index (κ2) is 3.74. The van der Waals surface area contributed by atoms with E-state index in [0.717, 1.165) is 11.8 Å². The molecular formula is C9H15ClN2O. The Bertz CT molecular complexity index is 200. The third-order valence-corrected chi connectivity index (χ3v) is 3.27. The second-order valence-corrected chi connectivity index (χ2v) is 4.25. The van der Waals surface area contributed by atoms with Gasteiger partial charge in [0.2, 0.25) is 0 Å². The largest absolute Gasteiger partial charge is 0.337 e. The molecule has 2 saturated carbocycles. The van der Waals surface area contributed by atoms with Gasteiger partial charge in [-0.3, -0.25) is 0 Å². The second-order valence-electron chi connectivity index (χ2n) is 3.87. The maximum Gasteiger partial charge on any atom is 0.315 e. The molecule has 0 radical (unpaired) electrons. The van der Waals surface area contributed by atoms with E-state index in [2.05, 4.69) is 10.6 Å². The molecular weight excluding hydrogens is 188 g/mol. The number of carbonyl (C=O) groups is 1. The molecule has 0 aromatic rings. The minimum absolute atomic E-state index is 0.0555. The van der Waals surface area contributed by atoms with Crippen LogP contribution < -0.4 is 10.6 Å². The lowest BCUT2D eigenvalue weighted by Crippen LogP contribution is -2.39. The van der Waals surface area contributed by atoms with E-state index in [4.69, 9.17) is 11.6 Å². The maximum absolute atomic E-state index is 11.2. The van der Waals surface area contributed by atoms with Crippen molar-refractivity contribution in [2.24, 2.45) is 11.8 Å². The van der Waals surface area contributed by atoms with Crippen LogP contribution in [0, 0.1) is 11.8 Å². The van der Waals surface area contributed by atoms with Gasteiger partial charge in [-0.05, 0) is 24.7 Å². The molecule has 2 unspecified atom stereocenters. The molecule has 0 spiro atoms. The topological polar surface area (TPSA) is 41.1 Å². The van der Waals surface area contributed by atoms with Crippen LogP contribution in [0.3, 0.4) is 0 Å². The number of hydrogen-bond donors (Lipinski definition) is 2.